The molecule has 1 aliphatic rings. The van der Waals surface area contributed by atoms with Gasteiger partial charge in [0.05, 0.1) is 18.8 Å². The molecule has 0 bridgehead atoms. The van der Waals surface area contributed by atoms with Crippen molar-refractivity contribution < 1.29 is 4.74 Å². The van der Waals surface area contributed by atoms with Gasteiger partial charge >= 0.3 is 0 Å². The Bertz CT molecular complexity index is 904. The van der Waals surface area contributed by atoms with Crippen molar-refractivity contribution in [2.45, 2.75) is 32.5 Å². The van der Waals surface area contributed by atoms with Crippen molar-refractivity contribution in [1.82, 2.24) is 18.5 Å². The van der Waals surface area contributed by atoms with Gasteiger partial charge in [0, 0.05) is 25.2 Å². The molecule has 3 aromatic rings. The molecule has 0 spiro atoms. The quantitative estimate of drug-likeness (QED) is 0.619. The van der Waals surface area contributed by atoms with Crippen molar-refractivity contribution in [3.8, 4) is 5.75 Å². The number of nitrogens with zero attached hydrogens (tertiary/aromatic N) is 4. The van der Waals surface area contributed by atoms with Gasteiger partial charge in [-0.2, -0.15) is 8.75 Å². The van der Waals surface area contributed by atoms with Gasteiger partial charge in [0.15, 0.2) is 0 Å². The van der Waals surface area contributed by atoms with Crippen molar-refractivity contribution in [2.24, 2.45) is 0 Å². The van der Waals surface area contributed by atoms with E-state index in [1.54, 1.807) is 7.11 Å². The third kappa shape index (κ3) is 4.46. The second-order valence-electron chi connectivity index (χ2n) is 7.39. The minimum Gasteiger partial charge on any atom is -0.496 e. The lowest BCUT2D eigenvalue weighted by molar-refractivity contribution is 0.313. The van der Waals surface area contributed by atoms with E-state index in [1.165, 1.54) is 54.3 Å². The molecule has 0 aliphatic carbocycles. The Morgan fingerprint density at radius 3 is 2.48 bits per heavy atom. The zero-order valence-electron chi connectivity index (χ0n) is 16.0. The molecule has 5 nitrogen and oxygen atoms in total. The number of aromatic nitrogens is 2. The Morgan fingerprint density at radius 1 is 1.00 bits per heavy atom. The number of rotatable bonds is 7. The number of ether oxygens (including phenoxy) is 1. The second kappa shape index (κ2) is 8.33. The summed E-state index contributed by atoms with van der Waals surface area (Å²) in [6.45, 7) is 5.17. The van der Waals surface area contributed by atoms with Gasteiger partial charge in [-0.1, -0.05) is 12.1 Å². The van der Waals surface area contributed by atoms with Crippen molar-refractivity contribution in [2.75, 3.05) is 27.2 Å². The van der Waals surface area contributed by atoms with E-state index in [1.807, 2.05) is 0 Å². The molecule has 0 amide bonds. The fourth-order valence-corrected chi connectivity index (χ4v) is 4.36. The maximum atomic E-state index is 5.59. The summed E-state index contributed by atoms with van der Waals surface area (Å²) in [6, 6.07) is 12.9. The molecule has 27 heavy (non-hydrogen) atoms. The highest BCUT2D eigenvalue weighted by Gasteiger charge is 2.15. The Morgan fingerprint density at radius 2 is 1.70 bits per heavy atom. The van der Waals surface area contributed by atoms with Crippen LogP contribution in [0, 0.1) is 0 Å². The zero-order chi connectivity index (χ0) is 18.6. The Balaban J connectivity index is 1.44. The molecule has 142 valence electrons. The van der Waals surface area contributed by atoms with Crippen molar-refractivity contribution in [3.05, 3.63) is 53.1 Å². The fraction of sp³-hybridized carbons (Fsp3) is 0.429. The molecule has 1 saturated heterocycles. The highest BCUT2D eigenvalue weighted by molar-refractivity contribution is 7.00. The highest BCUT2D eigenvalue weighted by atomic mass is 32.1. The Labute approximate surface area is 164 Å². The van der Waals surface area contributed by atoms with Crippen LogP contribution >= 0.6 is 11.7 Å². The van der Waals surface area contributed by atoms with E-state index >= 15 is 0 Å². The van der Waals surface area contributed by atoms with Crippen LogP contribution in [0.15, 0.2) is 36.4 Å². The monoisotopic (exact) mass is 382 g/mol. The third-order valence-electron chi connectivity index (χ3n) is 5.16. The highest BCUT2D eigenvalue weighted by Crippen LogP contribution is 2.24. The average Bonchev–Trinajstić information content (AvgIpc) is 3.33. The molecule has 0 N–H and O–H groups in total. The van der Waals surface area contributed by atoms with Gasteiger partial charge in [-0.15, -0.1) is 0 Å². The molecule has 4 rings (SSSR count). The van der Waals surface area contributed by atoms with Gasteiger partial charge in [-0.05, 0) is 68.4 Å². The average molecular weight is 383 g/mol. The number of hydrogen-bond donors (Lipinski definition) is 0. The van der Waals surface area contributed by atoms with E-state index in [4.69, 9.17) is 4.74 Å². The van der Waals surface area contributed by atoms with Gasteiger partial charge in [-0.3, -0.25) is 9.80 Å². The fourth-order valence-electron chi connectivity index (χ4n) is 3.84. The number of methoxy groups -OCH3 is 1. The standard InChI is InChI=1S/C21H26N4OS/c1-24(14-17-5-7-19-20(12-17)23-27-22-19)13-16-6-8-21(26-2)18(11-16)15-25-9-3-4-10-25/h5-8,11-12H,3-4,9-10,13-15H2,1-2H3. The van der Waals surface area contributed by atoms with E-state index < -0.39 is 0 Å². The molecule has 1 aromatic heterocycles. The predicted molar refractivity (Wildman–Crippen MR) is 110 cm³/mol. The third-order valence-corrected chi connectivity index (χ3v) is 5.72. The van der Waals surface area contributed by atoms with Gasteiger partial charge < -0.3 is 4.74 Å². The SMILES string of the molecule is COc1ccc(CN(C)Cc2ccc3nsnc3c2)cc1CN1CCCC1. The lowest BCUT2D eigenvalue weighted by atomic mass is 10.1. The normalized spacial score (nSPS) is 15.1. The maximum Gasteiger partial charge on any atom is 0.123 e. The number of likely N-dealkylation sites (tertiary alicyclic amines) is 1. The predicted octanol–water partition coefficient (Wildman–Crippen LogP) is 3.93. The molecular formula is C21H26N4OS. The molecule has 6 heteroatoms. The van der Waals surface area contributed by atoms with Crippen LogP contribution in [0.5, 0.6) is 5.75 Å². The second-order valence-corrected chi connectivity index (χ2v) is 7.92. The molecule has 1 fully saturated rings. The number of fused-ring (bicyclic) bond motifs is 1. The summed E-state index contributed by atoms with van der Waals surface area (Å²) >= 11 is 1.27. The molecule has 0 saturated carbocycles. The topological polar surface area (TPSA) is 41.5 Å². The summed E-state index contributed by atoms with van der Waals surface area (Å²) in [4.78, 5) is 4.85. The van der Waals surface area contributed by atoms with Crippen molar-refractivity contribution >= 4 is 22.8 Å². The summed E-state index contributed by atoms with van der Waals surface area (Å²) in [6.07, 6.45) is 2.62. The van der Waals surface area contributed by atoms with E-state index in [9.17, 15) is 0 Å². The number of benzene rings is 2. The first kappa shape index (κ1) is 18.3. The van der Waals surface area contributed by atoms with Gasteiger partial charge in [0.25, 0.3) is 0 Å². The molecule has 1 aliphatic heterocycles. The minimum atomic E-state index is 0.890. The lowest BCUT2D eigenvalue weighted by Gasteiger charge is -2.20. The first-order valence-corrected chi connectivity index (χ1v) is 10.2. The first-order chi connectivity index (χ1) is 13.2. The van der Waals surface area contributed by atoms with Crippen molar-refractivity contribution in [3.63, 3.8) is 0 Å². The Kier molecular flexibility index (Phi) is 5.66. The molecule has 0 atom stereocenters. The van der Waals surface area contributed by atoms with Crippen LogP contribution in [0.3, 0.4) is 0 Å². The summed E-state index contributed by atoms with van der Waals surface area (Å²) < 4.78 is 14.2. The van der Waals surface area contributed by atoms with E-state index in [-0.39, 0.29) is 0 Å². The van der Waals surface area contributed by atoms with Gasteiger partial charge in [0.1, 0.15) is 16.8 Å². The molecule has 0 unspecified atom stereocenters. The first-order valence-electron chi connectivity index (χ1n) is 9.49. The van der Waals surface area contributed by atoms with Crippen LogP contribution in [0.2, 0.25) is 0 Å². The summed E-state index contributed by atoms with van der Waals surface area (Å²) in [5, 5.41) is 0. The van der Waals surface area contributed by atoms with E-state index in [2.05, 4.69) is 62.0 Å². The van der Waals surface area contributed by atoms with E-state index in [0.29, 0.717) is 0 Å². The van der Waals surface area contributed by atoms with Crippen LogP contribution in [-0.2, 0) is 19.6 Å². The molecule has 0 radical (unpaired) electrons. The van der Waals surface area contributed by atoms with Crippen molar-refractivity contribution in [1.29, 1.82) is 0 Å². The lowest BCUT2D eigenvalue weighted by Crippen LogP contribution is -2.20. The van der Waals surface area contributed by atoms with Crippen LogP contribution < -0.4 is 4.74 Å². The van der Waals surface area contributed by atoms with Crippen LogP contribution in [0.25, 0.3) is 11.0 Å². The van der Waals surface area contributed by atoms with E-state index in [0.717, 1.165) is 36.4 Å². The zero-order valence-corrected chi connectivity index (χ0v) is 16.8. The molecule has 2 aromatic carbocycles. The smallest absolute Gasteiger partial charge is 0.123 e. The Hall–Kier alpha value is -2.02. The van der Waals surface area contributed by atoms with Gasteiger partial charge in [-0.25, -0.2) is 0 Å². The van der Waals surface area contributed by atoms with Gasteiger partial charge in [0.2, 0.25) is 0 Å². The van der Waals surface area contributed by atoms with Crippen LogP contribution in [-0.4, -0.2) is 45.8 Å². The summed E-state index contributed by atoms with van der Waals surface area (Å²) in [7, 11) is 3.92. The van der Waals surface area contributed by atoms with Crippen LogP contribution in [0.4, 0.5) is 0 Å². The molecular weight excluding hydrogens is 356 g/mol. The molecule has 2 heterocycles. The summed E-state index contributed by atoms with van der Waals surface area (Å²) in [5.41, 5.74) is 5.85. The minimum absolute atomic E-state index is 0.890. The summed E-state index contributed by atoms with van der Waals surface area (Å²) in [5.74, 6) is 0.995. The maximum absolute atomic E-state index is 5.59. The van der Waals surface area contributed by atoms with Crippen LogP contribution in [0.1, 0.15) is 29.5 Å². The largest absolute Gasteiger partial charge is 0.496 e. The number of hydrogen-bond acceptors (Lipinski definition) is 6.